The van der Waals surface area contributed by atoms with E-state index in [-0.39, 0.29) is 38.1 Å². The van der Waals surface area contributed by atoms with Crippen molar-refractivity contribution in [3.63, 3.8) is 0 Å². The van der Waals surface area contributed by atoms with Gasteiger partial charge in [-0.1, -0.05) is 96.8 Å². The molecule has 0 fully saturated rings. The van der Waals surface area contributed by atoms with Gasteiger partial charge in [-0.2, -0.15) is 0 Å². The summed E-state index contributed by atoms with van der Waals surface area (Å²) in [4.78, 5) is 9.90. The van der Waals surface area contributed by atoms with Crippen LogP contribution in [0.5, 0.6) is 0 Å². The fourth-order valence-electron chi connectivity index (χ4n) is 3.05. The van der Waals surface area contributed by atoms with Crippen molar-refractivity contribution < 1.29 is 4.80 Å². The fraction of sp³-hybridized carbons (Fsp3) is 1.00. The summed E-state index contributed by atoms with van der Waals surface area (Å²) in [5.74, 6) is 0. The summed E-state index contributed by atoms with van der Waals surface area (Å²) in [5.41, 5.74) is 0. The van der Waals surface area contributed by atoms with Crippen LogP contribution in [0, 0.1) is 0 Å². The first-order valence-electron chi connectivity index (χ1n) is 9.99. The molecule has 0 heterocycles. The zero-order chi connectivity index (χ0) is 15.6. The molecule has 22 heavy (non-hydrogen) atoms. The normalized spacial score (nSPS) is 13.4. The molecule has 0 saturated carbocycles. The van der Waals surface area contributed by atoms with Gasteiger partial charge < -0.3 is 4.80 Å². The second-order valence-electron chi connectivity index (χ2n) is 6.83. The molecule has 1 unspecified atom stereocenters. The van der Waals surface area contributed by atoms with Gasteiger partial charge in [0.25, 0.3) is 0 Å². The molecule has 1 nitrogen and oxygen atoms in total. The Labute approximate surface area is 171 Å². The number of unbranched alkanes of at least 4 members (excludes halogenated alkanes) is 13. The topological polar surface area (TPSA) is 20.2 Å². The monoisotopic (exact) mass is 385 g/mol. The molecular weight excluding hydrogens is 344 g/mol. The largest absolute Gasteiger partial charge is 0.439 e. The molecule has 6 heteroatoms. The van der Waals surface area contributed by atoms with Crippen LogP contribution in [-0.4, -0.2) is 69.8 Å². The Morgan fingerprint density at radius 3 is 1.45 bits per heavy atom. The molecule has 1 N–H and O–H groups in total. The third kappa shape index (κ3) is 21.8. The van der Waals surface area contributed by atoms with Crippen molar-refractivity contribution in [3.05, 3.63) is 0 Å². The Bertz CT molecular complexity index is 199. The second-order valence-corrected chi connectivity index (χ2v) is 32.0. The molecule has 0 aliphatic heterocycles. The van der Waals surface area contributed by atoms with Gasteiger partial charge in [-0.25, -0.2) is 0 Å². The zero-order valence-corrected chi connectivity index (χ0v) is 24.0. The van der Waals surface area contributed by atoms with Crippen molar-refractivity contribution in [3.8, 4) is 0 Å². The molecule has 0 aromatic rings. The summed E-state index contributed by atoms with van der Waals surface area (Å²) in [6.07, 6.45) is 20.2. The minimum absolute atomic E-state index is 0. The van der Waals surface area contributed by atoms with Crippen LogP contribution in [0.3, 0.4) is 0 Å². The van der Waals surface area contributed by atoms with Gasteiger partial charge in [-0.15, -0.1) is 0 Å². The number of rotatable bonds is 17. The van der Waals surface area contributed by atoms with E-state index in [2.05, 4.69) is 6.92 Å². The van der Waals surface area contributed by atoms with E-state index in [1.165, 1.54) is 106 Å². The van der Waals surface area contributed by atoms with Crippen molar-refractivity contribution in [1.82, 2.24) is 0 Å². The molecule has 0 amide bonds. The Morgan fingerprint density at radius 2 is 1.09 bits per heavy atom. The van der Waals surface area contributed by atoms with E-state index in [1.807, 2.05) is 0 Å². The number of hydrogen-bond acceptors (Lipinski definition) is 1. The van der Waals surface area contributed by atoms with E-state index in [1.54, 1.807) is 0 Å². The first-order chi connectivity index (χ1) is 10.3. The fourth-order valence-corrected chi connectivity index (χ4v) is 35.1. The maximum absolute atomic E-state index is 9.90. The molecule has 129 valence electrons. The maximum Gasteiger partial charge on any atom is 0.150 e. The van der Waals surface area contributed by atoms with Crippen LogP contribution in [0.25, 0.3) is 0 Å². The van der Waals surface area contributed by atoms with Gasteiger partial charge in [-0.3, -0.25) is 0 Å². The van der Waals surface area contributed by atoms with E-state index in [9.17, 15) is 4.80 Å². The molecule has 0 spiro atoms. The van der Waals surface area contributed by atoms with E-state index in [0.29, 0.717) is 8.55 Å². The van der Waals surface area contributed by atoms with Gasteiger partial charge in [0.05, 0.1) is 0 Å². The van der Waals surface area contributed by atoms with Gasteiger partial charge in [0.15, 0.2) is 0 Å². The average Bonchev–Trinajstić information content (AvgIpc) is 2.48. The minimum Gasteiger partial charge on any atom is -0.439 e. The van der Waals surface area contributed by atoms with Crippen LogP contribution in [0.1, 0.15) is 96.8 Å². The summed E-state index contributed by atoms with van der Waals surface area (Å²) in [5, 5.41) is 0. The Hall–Kier alpha value is 1.83. The summed E-state index contributed by atoms with van der Waals surface area (Å²) in [6, 6.07) is 1.28. The van der Waals surface area contributed by atoms with E-state index >= 15 is 0 Å². The predicted molar refractivity (Wildman–Crippen MR) is 117 cm³/mol. The van der Waals surface area contributed by atoms with Crippen molar-refractivity contribution in [2.75, 3.05) is 0 Å². The van der Waals surface area contributed by atoms with Crippen LogP contribution in [0.4, 0.5) is 0 Å². The summed E-state index contributed by atoms with van der Waals surface area (Å²) >= 11 is 0. The summed E-state index contributed by atoms with van der Waals surface area (Å²) in [6.45, 7) is 2.29. The van der Waals surface area contributed by atoms with Gasteiger partial charge in [-0.05, 0) is 24.4 Å². The Kier molecular flexibility index (Phi) is 27.0. The molecule has 0 aromatic carbocycles. The zero-order valence-electron chi connectivity index (χ0n) is 16.0. The van der Waals surface area contributed by atoms with Crippen LogP contribution in [0.15, 0.2) is 0 Å². The number of hydrogen-bond donors (Lipinski definition) is 1. The smallest absolute Gasteiger partial charge is 0.150 e. The van der Waals surface area contributed by atoms with Crippen molar-refractivity contribution in [2.24, 2.45) is 0 Å². The van der Waals surface area contributed by atoms with Crippen LogP contribution in [-0.2, 0) is 0 Å². The average molecular weight is 386 g/mol. The molecule has 0 rings (SSSR count). The Morgan fingerprint density at radius 1 is 0.727 bits per heavy atom. The standard InChI is InChI=1S/C16H42OSi4.Na/c1-2-3-4-5-6-7-8-9-10-11-12-13-14-15-16-21(17)20-19-18;/h17,21H,2-16,19-20H2,1,18H3;. The second kappa shape index (κ2) is 22.8. The molecule has 0 bridgehead atoms. The van der Waals surface area contributed by atoms with Gasteiger partial charge in [0.1, 0.15) is 8.56 Å². The first-order valence-corrected chi connectivity index (χ1v) is 24.2. The predicted octanol–water partition coefficient (Wildman–Crippen LogP) is 1.83. The van der Waals surface area contributed by atoms with Crippen molar-refractivity contribution in [2.45, 2.75) is 103 Å². The SMILES string of the molecule is CCCCCCCCCCCCCCCC[SiH](O)[SiH2][SiH2][SiH3].[Na]. The van der Waals surface area contributed by atoms with Gasteiger partial charge in [0, 0.05) is 38.1 Å². The molecular formula is C16H42NaOSi4. The third-order valence-electron chi connectivity index (χ3n) is 4.51. The quantitative estimate of drug-likeness (QED) is 0.299. The molecule has 1 radical (unpaired) electrons. The maximum atomic E-state index is 9.90. The molecule has 0 aliphatic carbocycles. The molecule has 0 saturated heterocycles. The summed E-state index contributed by atoms with van der Waals surface area (Å²) < 4.78 is 0. The van der Waals surface area contributed by atoms with Crippen LogP contribution < -0.4 is 0 Å². The summed E-state index contributed by atoms with van der Waals surface area (Å²) in [7, 11) is 0.987. The van der Waals surface area contributed by atoms with E-state index in [4.69, 9.17) is 0 Å². The molecule has 0 aromatic heterocycles. The van der Waals surface area contributed by atoms with Crippen LogP contribution >= 0.6 is 0 Å². The van der Waals surface area contributed by atoms with Gasteiger partial charge in [0.2, 0.25) is 0 Å². The van der Waals surface area contributed by atoms with E-state index in [0.717, 1.165) is 0 Å². The van der Waals surface area contributed by atoms with Crippen LogP contribution in [0.2, 0.25) is 6.04 Å². The first kappa shape index (κ1) is 26.1. The molecule has 1 atom stereocenters. The van der Waals surface area contributed by atoms with Crippen molar-refractivity contribution >= 4 is 65.0 Å². The minimum atomic E-state index is -1.06. The Balaban J connectivity index is 0. The van der Waals surface area contributed by atoms with Gasteiger partial charge >= 0.3 is 0 Å². The third-order valence-corrected chi connectivity index (χ3v) is 38.6. The molecule has 0 aliphatic rings. The van der Waals surface area contributed by atoms with E-state index < -0.39 is 8.56 Å². The van der Waals surface area contributed by atoms with Crippen molar-refractivity contribution in [1.29, 1.82) is 0 Å².